The molecule has 106 valence electrons. The number of rotatable bonds is 1. The summed E-state index contributed by atoms with van der Waals surface area (Å²) in [5.74, 6) is 0.987. The van der Waals surface area contributed by atoms with Crippen molar-refractivity contribution in [3.63, 3.8) is 0 Å². The van der Waals surface area contributed by atoms with Crippen molar-refractivity contribution in [3.05, 3.63) is 37.5 Å². The molecule has 2 rings (SSSR count). The van der Waals surface area contributed by atoms with Crippen molar-refractivity contribution >= 4 is 51.6 Å². The third-order valence-corrected chi connectivity index (χ3v) is 4.37. The minimum absolute atomic E-state index is 0.124. The molecule has 0 radical (unpaired) electrons. The van der Waals surface area contributed by atoms with Crippen molar-refractivity contribution in [3.8, 4) is 11.4 Å². The zero-order chi connectivity index (χ0) is 15.1. The van der Waals surface area contributed by atoms with Crippen LogP contribution in [0.2, 0.25) is 10.0 Å². The molecule has 0 aliphatic rings. The number of nitrogen functional groups attached to an aromatic ring is 1. The summed E-state index contributed by atoms with van der Waals surface area (Å²) < 4.78 is 0.879. The SMILES string of the molecule is CC(C)(C)c1nc(-c2ccc(Cl)cc2Cl)nc(N)c1I. The van der Waals surface area contributed by atoms with Crippen molar-refractivity contribution in [1.82, 2.24) is 9.97 Å². The molecule has 0 atom stereocenters. The first-order valence-electron chi connectivity index (χ1n) is 5.99. The van der Waals surface area contributed by atoms with E-state index in [1.807, 2.05) is 0 Å². The van der Waals surface area contributed by atoms with Gasteiger partial charge in [0.05, 0.1) is 14.3 Å². The van der Waals surface area contributed by atoms with E-state index in [1.165, 1.54) is 0 Å². The molecule has 2 N–H and O–H groups in total. The molecule has 0 aliphatic carbocycles. The minimum atomic E-state index is -0.124. The van der Waals surface area contributed by atoms with E-state index in [2.05, 4.69) is 53.3 Å². The van der Waals surface area contributed by atoms with E-state index >= 15 is 0 Å². The van der Waals surface area contributed by atoms with Crippen LogP contribution in [-0.4, -0.2) is 9.97 Å². The fourth-order valence-corrected chi connectivity index (χ4v) is 3.30. The normalized spacial score (nSPS) is 11.7. The summed E-state index contributed by atoms with van der Waals surface area (Å²) in [5.41, 5.74) is 7.52. The molecule has 1 aromatic carbocycles. The molecule has 1 heterocycles. The van der Waals surface area contributed by atoms with E-state index < -0.39 is 0 Å². The van der Waals surface area contributed by atoms with E-state index in [0.717, 1.165) is 14.8 Å². The van der Waals surface area contributed by atoms with Gasteiger partial charge in [0.25, 0.3) is 0 Å². The van der Waals surface area contributed by atoms with Gasteiger partial charge in [0.15, 0.2) is 5.82 Å². The summed E-state index contributed by atoms with van der Waals surface area (Å²) >= 11 is 14.3. The molecule has 0 fully saturated rings. The maximum Gasteiger partial charge on any atom is 0.163 e. The molecule has 3 nitrogen and oxygen atoms in total. The van der Waals surface area contributed by atoms with Crippen LogP contribution in [0.25, 0.3) is 11.4 Å². The van der Waals surface area contributed by atoms with Crippen LogP contribution in [-0.2, 0) is 5.41 Å². The quantitative estimate of drug-likeness (QED) is 0.663. The Morgan fingerprint density at radius 2 is 1.80 bits per heavy atom. The first-order valence-corrected chi connectivity index (χ1v) is 7.82. The average molecular weight is 422 g/mol. The lowest BCUT2D eigenvalue weighted by atomic mass is 9.92. The zero-order valence-corrected chi connectivity index (χ0v) is 15.0. The second kappa shape index (κ2) is 5.66. The summed E-state index contributed by atoms with van der Waals surface area (Å²) in [5, 5.41) is 1.09. The molecule has 6 heteroatoms. The number of nitrogens with two attached hydrogens (primary N) is 1. The maximum atomic E-state index is 6.22. The van der Waals surface area contributed by atoms with Crippen molar-refractivity contribution in [2.45, 2.75) is 26.2 Å². The third-order valence-electron chi connectivity index (χ3n) is 2.76. The van der Waals surface area contributed by atoms with Gasteiger partial charge in [-0.15, -0.1) is 0 Å². The highest BCUT2D eigenvalue weighted by molar-refractivity contribution is 14.1. The van der Waals surface area contributed by atoms with Crippen molar-refractivity contribution in [2.75, 3.05) is 5.73 Å². The molecule has 0 unspecified atom stereocenters. The highest BCUT2D eigenvalue weighted by Gasteiger charge is 2.23. The molecule has 1 aromatic heterocycles. The topological polar surface area (TPSA) is 51.8 Å². The average Bonchev–Trinajstić information content (AvgIpc) is 2.31. The van der Waals surface area contributed by atoms with E-state index in [9.17, 15) is 0 Å². The van der Waals surface area contributed by atoms with Crippen LogP contribution in [0.4, 0.5) is 5.82 Å². The second-order valence-corrected chi connectivity index (χ2v) is 7.39. The molecule has 0 saturated heterocycles. The fourth-order valence-electron chi connectivity index (χ4n) is 1.75. The van der Waals surface area contributed by atoms with Gasteiger partial charge in [-0.05, 0) is 40.8 Å². The lowest BCUT2D eigenvalue weighted by Gasteiger charge is -2.21. The van der Waals surface area contributed by atoms with Crippen LogP contribution >= 0.6 is 45.8 Å². The molecule has 20 heavy (non-hydrogen) atoms. The lowest BCUT2D eigenvalue weighted by molar-refractivity contribution is 0.564. The molecule has 0 bridgehead atoms. The number of nitrogens with zero attached hydrogens (tertiary/aromatic N) is 2. The minimum Gasteiger partial charge on any atom is -0.383 e. The largest absolute Gasteiger partial charge is 0.383 e. The highest BCUT2D eigenvalue weighted by Crippen LogP contribution is 2.33. The highest BCUT2D eigenvalue weighted by atomic mass is 127. The van der Waals surface area contributed by atoms with Gasteiger partial charge in [-0.25, -0.2) is 9.97 Å². The Morgan fingerprint density at radius 1 is 1.15 bits per heavy atom. The Labute approximate surface area is 142 Å². The number of benzene rings is 1. The molecule has 0 saturated carbocycles. The van der Waals surface area contributed by atoms with Crippen LogP contribution in [0.5, 0.6) is 0 Å². The van der Waals surface area contributed by atoms with E-state index in [4.69, 9.17) is 28.9 Å². The number of anilines is 1. The van der Waals surface area contributed by atoms with E-state index in [1.54, 1.807) is 18.2 Å². The Bertz CT molecular complexity index is 666. The van der Waals surface area contributed by atoms with E-state index in [0.29, 0.717) is 21.7 Å². The van der Waals surface area contributed by atoms with Crippen LogP contribution in [0, 0.1) is 3.57 Å². The lowest BCUT2D eigenvalue weighted by Crippen LogP contribution is -2.18. The molecule has 0 amide bonds. The summed E-state index contributed by atoms with van der Waals surface area (Å²) in [7, 11) is 0. The van der Waals surface area contributed by atoms with E-state index in [-0.39, 0.29) is 5.41 Å². The Hall–Kier alpha value is -0.590. The summed E-state index contributed by atoms with van der Waals surface area (Å²) in [6.07, 6.45) is 0. The van der Waals surface area contributed by atoms with Crippen LogP contribution < -0.4 is 5.73 Å². The maximum absolute atomic E-state index is 6.22. The van der Waals surface area contributed by atoms with Crippen molar-refractivity contribution < 1.29 is 0 Å². The van der Waals surface area contributed by atoms with Gasteiger partial charge in [0.2, 0.25) is 0 Å². The first-order chi connectivity index (χ1) is 9.20. The predicted molar refractivity (Wildman–Crippen MR) is 93.3 cm³/mol. The third kappa shape index (κ3) is 3.18. The number of halogens is 3. The molecular formula is C14H14Cl2IN3. The van der Waals surface area contributed by atoms with Gasteiger partial charge in [-0.2, -0.15) is 0 Å². The van der Waals surface area contributed by atoms with Gasteiger partial charge in [-0.3, -0.25) is 0 Å². The van der Waals surface area contributed by atoms with Crippen molar-refractivity contribution in [2.24, 2.45) is 0 Å². The molecule has 2 aromatic rings. The van der Waals surface area contributed by atoms with Crippen LogP contribution in [0.3, 0.4) is 0 Å². The van der Waals surface area contributed by atoms with Gasteiger partial charge in [-0.1, -0.05) is 44.0 Å². The van der Waals surface area contributed by atoms with Gasteiger partial charge in [0, 0.05) is 16.0 Å². The standard InChI is InChI=1S/C14H14Cl2IN3/c1-14(2,3)11-10(17)12(18)20-13(19-11)8-5-4-7(15)6-9(8)16/h4-6H,1-3H3,(H2,18,19,20). The summed E-state index contributed by atoms with van der Waals surface area (Å²) in [6, 6.07) is 5.24. The monoisotopic (exact) mass is 421 g/mol. The fraction of sp³-hybridized carbons (Fsp3) is 0.286. The Kier molecular flexibility index (Phi) is 4.47. The van der Waals surface area contributed by atoms with Gasteiger partial charge < -0.3 is 5.73 Å². The van der Waals surface area contributed by atoms with Crippen LogP contribution in [0.1, 0.15) is 26.5 Å². The number of hydrogen-bond acceptors (Lipinski definition) is 3. The predicted octanol–water partition coefficient (Wildman–Crippen LogP) is 4.93. The summed E-state index contributed by atoms with van der Waals surface area (Å²) in [6.45, 7) is 6.26. The van der Waals surface area contributed by atoms with Crippen LogP contribution in [0.15, 0.2) is 18.2 Å². The molecular weight excluding hydrogens is 408 g/mol. The zero-order valence-electron chi connectivity index (χ0n) is 11.3. The van der Waals surface area contributed by atoms with Gasteiger partial charge in [0.1, 0.15) is 5.82 Å². The molecule has 0 spiro atoms. The Balaban J connectivity index is 2.67. The Morgan fingerprint density at radius 3 is 2.35 bits per heavy atom. The summed E-state index contributed by atoms with van der Waals surface area (Å²) in [4.78, 5) is 8.98. The first kappa shape index (κ1) is 15.8. The van der Waals surface area contributed by atoms with Gasteiger partial charge >= 0.3 is 0 Å². The second-order valence-electron chi connectivity index (χ2n) is 5.47. The smallest absolute Gasteiger partial charge is 0.163 e. The molecule has 0 aliphatic heterocycles. The van der Waals surface area contributed by atoms with Crippen molar-refractivity contribution in [1.29, 1.82) is 0 Å². The number of hydrogen-bond donors (Lipinski definition) is 1. The number of aromatic nitrogens is 2.